The summed E-state index contributed by atoms with van der Waals surface area (Å²) >= 11 is 0. The predicted molar refractivity (Wildman–Crippen MR) is 52.0 cm³/mol. The maximum Gasteiger partial charge on any atom is 0.0132 e. The Hall–Kier alpha value is -0.560. The van der Waals surface area contributed by atoms with Crippen LogP contribution >= 0.6 is 0 Å². The van der Waals surface area contributed by atoms with Crippen molar-refractivity contribution in [1.82, 2.24) is 4.90 Å². The second-order valence-electron chi connectivity index (χ2n) is 4.16. The third kappa shape index (κ3) is 1.34. The van der Waals surface area contributed by atoms with Crippen molar-refractivity contribution >= 4 is 0 Å². The second kappa shape index (κ2) is 3.06. The van der Waals surface area contributed by atoms with Gasteiger partial charge in [0.2, 0.25) is 0 Å². The molecule has 1 nitrogen and oxygen atoms in total. The van der Waals surface area contributed by atoms with Gasteiger partial charge in [0.1, 0.15) is 0 Å². The Morgan fingerprint density at radius 2 is 2.25 bits per heavy atom. The van der Waals surface area contributed by atoms with Gasteiger partial charge >= 0.3 is 0 Å². The standard InChI is InChI=1S/C11H17N/c1-12(2)11-7-9-5-3-4-6-10(9)8-11/h3-5,10-11H,6-8H2,1-2H3. The van der Waals surface area contributed by atoms with E-state index in [0.29, 0.717) is 0 Å². The van der Waals surface area contributed by atoms with Crippen LogP contribution in [0.2, 0.25) is 0 Å². The van der Waals surface area contributed by atoms with Crippen molar-refractivity contribution in [1.29, 1.82) is 0 Å². The Morgan fingerprint density at radius 1 is 1.42 bits per heavy atom. The van der Waals surface area contributed by atoms with E-state index in [0.717, 1.165) is 12.0 Å². The maximum absolute atomic E-state index is 2.36. The van der Waals surface area contributed by atoms with E-state index in [4.69, 9.17) is 0 Å². The lowest BCUT2D eigenvalue weighted by molar-refractivity contribution is 0.292. The zero-order valence-electron chi connectivity index (χ0n) is 7.96. The summed E-state index contributed by atoms with van der Waals surface area (Å²) in [6, 6.07) is 0.793. The highest BCUT2D eigenvalue weighted by atomic mass is 15.1. The van der Waals surface area contributed by atoms with Crippen LogP contribution in [0.4, 0.5) is 0 Å². The lowest BCUT2D eigenvalue weighted by Gasteiger charge is -2.18. The van der Waals surface area contributed by atoms with Gasteiger partial charge in [-0.2, -0.15) is 0 Å². The molecule has 2 aliphatic rings. The molecule has 0 aromatic carbocycles. The smallest absolute Gasteiger partial charge is 0.0132 e. The number of fused-ring (bicyclic) bond motifs is 1. The normalized spacial score (nSPS) is 33.8. The Bertz CT molecular complexity index is 225. The molecule has 0 aromatic heterocycles. The molecule has 1 heteroatoms. The third-order valence-electron chi connectivity index (χ3n) is 3.15. The quantitative estimate of drug-likeness (QED) is 0.573. The van der Waals surface area contributed by atoms with E-state index < -0.39 is 0 Å². The van der Waals surface area contributed by atoms with Crippen LogP contribution in [0, 0.1) is 5.92 Å². The molecule has 2 atom stereocenters. The third-order valence-corrected chi connectivity index (χ3v) is 3.15. The van der Waals surface area contributed by atoms with Crippen molar-refractivity contribution in [3.8, 4) is 0 Å². The molecule has 0 aromatic rings. The fourth-order valence-electron chi connectivity index (χ4n) is 2.28. The topological polar surface area (TPSA) is 3.24 Å². The molecular formula is C11H17N. The maximum atomic E-state index is 2.36. The van der Waals surface area contributed by atoms with Gasteiger partial charge in [-0.05, 0) is 39.3 Å². The molecule has 66 valence electrons. The highest BCUT2D eigenvalue weighted by Gasteiger charge is 2.29. The largest absolute Gasteiger partial charge is 0.306 e. The van der Waals surface area contributed by atoms with Gasteiger partial charge in [-0.1, -0.05) is 23.8 Å². The van der Waals surface area contributed by atoms with Gasteiger partial charge in [0.05, 0.1) is 0 Å². The first kappa shape index (κ1) is 8.06. The molecule has 2 aliphatic carbocycles. The highest BCUT2D eigenvalue weighted by Crippen LogP contribution is 2.37. The van der Waals surface area contributed by atoms with Gasteiger partial charge in [-0.25, -0.2) is 0 Å². The lowest BCUT2D eigenvalue weighted by atomic mass is 9.95. The molecule has 2 unspecified atom stereocenters. The van der Waals surface area contributed by atoms with Crippen LogP contribution in [0.25, 0.3) is 0 Å². The fourth-order valence-corrected chi connectivity index (χ4v) is 2.28. The molecule has 0 aliphatic heterocycles. The van der Waals surface area contributed by atoms with Crippen molar-refractivity contribution in [3.05, 3.63) is 23.8 Å². The summed E-state index contributed by atoms with van der Waals surface area (Å²) in [5, 5.41) is 0. The van der Waals surface area contributed by atoms with Gasteiger partial charge in [0, 0.05) is 6.04 Å². The average molecular weight is 163 g/mol. The van der Waals surface area contributed by atoms with Crippen molar-refractivity contribution in [2.45, 2.75) is 25.3 Å². The van der Waals surface area contributed by atoms with E-state index in [-0.39, 0.29) is 0 Å². The molecule has 0 N–H and O–H groups in total. The zero-order chi connectivity index (χ0) is 8.55. The predicted octanol–water partition coefficient (Wildman–Crippen LogP) is 2.21. The van der Waals surface area contributed by atoms with Crippen LogP contribution in [0.5, 0.6) is 0 Å². The Balaban J connectivity index is 2.07. The number of rotatable bonds is 1. The van der Waals surface area contributed by atoms with Crippen LogP contribution in [-0.4, -0.2) is 25.0 Å². The molecule has 1 fully saturated rings. The number of hydrogen-bond acceptors (Lipinski definition) is 1. The minimum Gasteiger partial charge on any atom is -0.306 e. The Morgan fingerprint density at radius 3 is 2.92 bits per heavy atom. The summed E-state index contributed by atoms with van der Waals surface area (Å²) < 4.78 is 0. The van der Waals surface area contributed by atoms with Gasteiger partial charge < -0.3 is 4.90 Å². The number of nitrogens with zero attached hydrogens (tertiary/aromatic N) is 1. The summed E-state index contributed by atoms with van der Waals surface area (Å²) in [6.07, 6.45) is 10.8. The van der Waals surface area contributed by atoms with Crippen LogP contribution in [-0.2, 0) is 0 Å². The first-order valence-corrected chi connectivity index (χ1v) is 4.79. The summed E-state index contributed by atoms with van der Waals surface area (Å²) in [6.45, 7) is 0. The molecular weight excluding hydrogens is 146 g/mol. The summed E-state index contributed by atoms with van der Waals surface area (Å²) in [4.78, 5) is 2.36. The van der Waals surface area contributed by atoms with Crippen LogP contribution in [0.1, 0.15) is 19.3 Å². The minimum absolute atomic E-state index is 0.793. The van der Waals surface area contributed by atoms with Gasteiger partial charge in [-0.15, -0.1) is 0 Å². The van der Waals surface area contributed by atoms with Crippen LogP contribution < -0.4 is 0 Å². The van der Waals surface area contributed by atoms with E-state index in [9.17, 15) is 0 Å². The molecule has 0 radical (unpaired) electrons. The van der Waals surface area contributed by atoms with Gasteiger partial charge in [0.15, 0.2) is 0 Å². The Kier molecular flexibility index (Phi) is 2.05. The molecule has 0 bridgehead atoms. The first-order chi connectivity index (χ1) is 5.77. The van der Waals surface area contributed by atoms with E-state index in [1.165, 1.54) is 19.3 Å². The molecule has 1 saturated carbocycles. The first-order valence-electron chi connectivity index (χ1n) is 4.79. The lowest BCUT2D eigenvalue weighted by Crippen LogP contribution is -2.24. The van der Waals surface area contributed by atoms with E-state index in [1.54, 1.807) is 5.57 Å². The number of hydrogen-bond donors (Lipinski definition) is 0. The van der Waals surface area contributed by atoms with Crippen molar-refractivity contribution in [2.75, 3.05) is 14.1 Å². The minimum atomic E-state index is 0.793. The summed E-state index contributed by atoms with van der Waals surface area (Å²) in [7, 11) is 4.38. The molecule has 0 amide bonds. The van der Waals surface area contributed by atoms with Crippen molar-refractivity contribution < 1.29 is 0 Å². The fraction of sp³-hybridized carbons (Fsp3) is 0.636. The molecule has 0 saturated heterocycles. The van der Waals surface area contributed by atoms with Crippen molar-refractivity contribution in [2.24, 2.45) is 5.92 Å². The average Bonchev–Trinajstić information content (AvgIpc) is 2.46. The summed E-state index contributed by atoms with van der Waals surface area (Å²) in [5.74, 6) is 0.863. The van der Waals surface area contributed by atoms with Crippen LogP contribution in [0.3, 0.4) is 0 Å². The molecule has 0 heterocycles. The molecule has 2 rings (SSSR count). The van der Waals surface area contributed by atoms with Crippen molar-refractivity contribution in [3.63, 3.8) is 0 Å². The van der Waals surface area contributed by atoms with E-state index >= 15 is 0 Å². The SMILES string of the molecule is CN(C)C1CC2=CC=CCC2C1. The summed E-state index contributed by atoms with van der Waals surface area (Å²) in [5.41, 5.74) is 1.68. The van der Waals surface area contributed by atoms with E-state index in [2.05, 4.69) is 37.2 Å². The van der Waals surface area contributed by atoms with Gasteiger partial charge in [-0.3, -0.25) is 0 Å². The van der Waals surface area contributed by atoms with Gasteiger partial charge in [0.25, 0.3) is 0 Å². The molecule has 12 heavy (non-hydrogen) atoms. The zero-order valence-corrected chi connectivity index (χ0v) is 7.96. The highest BCUT2D eigenvalue weighted by molar-refractivity contribution is 5.25. The van der Waals surface area contributed by atoms with Crippen LogP contribution in [0.15, 0.2) is 23.8 Å². The Labute approximate surface area is 74.8 Å². The van der Waals surface area contributed by atoms with E-state index in [1.807, 2.05) is 0 Å². The monoisotopic (exact) mass is 163 g/mol. The number of allylic oxidation sites excluding steroid dienone is 3. The molecule has 0 spiro atoms. The second-order valence-corrected chi connectivity index (χ2v) is 4.16.